The van der Waals surface area contributed by atoms with Crippen LogP contribution in [0.4, 0.5) is 8.78 Å². The molecule has 1 heterocycles. The molecule has 0 unspecified atom stereocenters. The van der Waals surface area contributed by atoms with E-state index >= 15 is 0 Å². The van der Waals surface area contributed by atoms with Crippen molar-refractivity contribution in [3.63, 3.8) is 0 Å². The summed E-state index contributed by atoms with van der Waals surface area (Å²) in [5.41, 5.74) is 0.612. The van der Waals surface area contributed by atoms with Gasteiger partial charge < -0.3 is 0 Å². The lowest BCUT2D eigenvalue weighted by Gasteiger charge is -2.19. The monoisotopic (exact) mass is 290 g/mol. The minimum Gasteiger partial charge on any atom is -0.293 e. The van der Waals surface area contributed by atoms with Gasteiger partial charge in [-0.3, -0.25) is 14.7 Å². The molecule has 0 amide bonds. The van der Waals surface area contributed by atoms with Crippen molar-refractivity contribution in [3.8, 4) is 0 Å². The third-order valence-electron chi connectivity index (χ3n) is 3.15. The Morgan fingerprint density at radius 3 is 2.71 bits per heavy atom. The Kier molecular flexibility index (Phi) is 5.11. The number of halogens is 2. The Hall–Kier alpha value is -2.14. The summed E-state index contributed by atoms with van der Waals surface area (Å²) in [5, 5.41) is 0. The number of pyridine rings is 1. The van der Waals surface area contributed by atoms with Crippen molar-refractivity contribution in [3.05, 3.63) is 65.5 Å². The van der Waals surface area contributed by atoms with E-state index in [0.717, 1.165) is 23.9 Å². The fraction of sp³-hybridized carbons (Fsp3) is 0.250. The molecule has 1 aromatic carbocycles. The van der Waals surface area contributed by atoms with Gasteiger partial charge in [-0.25, -0.2) is 8.78 Å². The largest absolute Gasteiger partial charge is 0.293 e. The Labute approximate surface area is 122 Å². The summed E-state index contributed by atoms with van der Waals surface area (Å²) in [6, 6.07) is 8.44. The first kappa shape index (κ1) is 15.3. The van der Waals surface area contributed by atoms with Crippen LogP contribution in [-0.2, 0) is 6.54 Å². The summed E-state index contributed by atoms with van der Waals surface area (Å²) in [5.74, 6) is -1.76. The van der Waals surface area contributed by atoms with Crippen molar-refractivity contribution >= 4 is 5.78 Å². The molecule has 21 heavy (non-hydrogen) atoms. The fourth-order valence-electron chi connectivity index (χ4n) is 2.00. The summed E-state index contributed by atoms with van der Waals surface area (Å²) < 4.78 is 26.7. The van der Waals surface area contributed by atoms with Crippen molar-refractivity contribution in [2.45, 2.75) is 13.5 Å². The number of benzene rings is 1. The first-order chi connectivity index (χ1) is 10.1. The average Bonchev–Trinajstić information content (AvgIpc) is 2.50. The summed E-state index contributed by atoms with van der Waals surface area (Å²) in [4.78, 5) is 18.1. The van der Waals surface area contributed by atoms with Crippen LogP contribution in [0.1, 0.15) is 23.0 Å². The number of hydrogen-bond acceptors (Lipinski definition) is 3. The number of ketones is 1. The molecule has 2 aromatic rings. The maximum Gasteiger partial charge on any atom is 0.179 e. The van der Waals surface area contributed by atoms with E-state index in [9.17, 15) is 13.6 Å². The average molecular weight is 290 g/mol. The van der Waals surface area contributed by atoms with Gasteiger partial charge >= 0.3 is 0 Å². The Bertz CT molecular complexity index is 617. The highest BCUT2D eigenvalue weighted by atomic mass is 19.1. The summed E-state index contributed by atoms with van der Waals surface area (Å²) in [6.07, 6.45) is 1.68. The molecule has 0 aliphatic carbocycles. The predicted octanol–water partition coefficient (Wildman–Crippen LogP) is 3.06. The van der Waals surface area contributed by atoms with Crippen LogP contribution in [-0.4, -0.2) is 28.8 Å². The molecular formula is C16H16F2N2O. The van der Waals surface area contributed by atoms with Gasteiger partial charge in [-0.05, 0) is 36.9 Å². The van der Waals surface area contributed by atoms with Gasteiger partial charge in [-0.15, -0.1) is 0 Å². The highest BCUT2D eigenvalue weighted by molar-refractivity contribution is 5.97. The van der Waals surface area contributed by atoms with Crippen LogP contribution in [0.3, 0.4) is 0 Å². The minimum atomic E-state index is -0.699. The molecule has 0 saturated heterocycles. The fourth-order valence-corrected chi connectivity index (χ4v) is 2.00. The van der Waals surface area contributed by atoms with E-state index in [2.05, 4.69) is 4.98 Å². The van der Waals surface area contributed by atoms with E-state index in [-0.39, 0.29) is 12.1 Å². The molecular weight excluding hydrogens is 274 g/mol. The maximum atomic E-state index is 13.6. The van der Waals surface area contributed by atoms with Crippen LogP contribution in [0.25, 0.3) is 0 Å². The number of aromatic nitrogens is 1. The summed E-state index contributed by atoms with van der Waals surface area (Å²) in [6.45, 7) is 3.02. The molecule has 0 radical (unpaired) electrons. The third kappa shape index (κ3) is 4.16. The zero-order valence-corrected chi connectivity index (χ0v) is 11.7. The quantitative estimate of drug-likeness (QED) is 0.767. The number of likely N-dealkylation sites (N-methyl/N-ethyl adjacent to an activating group) is 1. The van der Waals surface area contributed by atoms with E-state index in [4.69, 9.17) is 0 Å². The third-order valence-corrected chi connectivity index (χ3v) is 3.15. The minimum absolute atomic E-state index is 0.0213. The molecule has 0 aliphatic rings. The molecule has 0 bridgehead atoms. The first-order valence-corrected chi connectivity index (χ1v) is 6.70. The molecule has 0 aliphatic heterocycles. The number of nitrogens with zero attached hydrogens (tertiary/aromatic N) is 2. The van der Waals surface area contributed by atoms with Crippen molar-refractivity contribution in [1.29, 1.82) is 0 Å². The molecule has 0 atom stereocenters. The van der Waals surface area contributed by atoms with Crippen LogP contribution in [0.2, 0.25) is 0 Å². The Morgan fingerprint density at radius 2 is 2.05 bits per heavy atom. The van der Waals surface area contributed by atoms with Crippen molar-refractivity contribution < 1.29 is 13.6 Å². The van der Waals surface area contributed by atoms with Gasteiger partial charge in [-0.2, -0.15) is 0 Å². The van der Waals surface area contributed by atoms with Crippen LogP contribution in [0.15, 0.2) is 42.6 Å². The van der Waals surface area contributed by atoms with Gasteiger partial charge in [0.05, 0.1) is 17.8 Å². The van der Waals surface area contributed by atoms with Gasteiger partial charge in [0.1, 0.15) is 11.6 Å². The second-order valence-electron chi connectivity index (χ2n) is 4.67. The number of carbonyl (C=O) groups excluding carboxylic acids is 1. The molecule has 3 nitrogen and oxygen atoms in total. The van der Waals surface area contributed by atoms with E-state index in [0.29, 0.717) is 13.1 Å². The molecule has 0 N–H and O–H groups in total. The standard InChI is InChI=1S/C16H16F2N2O/c1-2-20(10-13-5-3-4-8-19-13)11-16(21)14-9-12(17)6-7-15(14)18/h3-9H,2,10-11H2,1H3. The summed E-state index contributed by atoms with van der Waals surface area (Å²) in [7, 11) is 0. The second kappa shape index (κ2) is 7.04. The lowest BCUT2D eigenvalue weighted by Crippen LogP contribution is -2.30. The van der Waals surface area contributed by atoms with Crippen molar-refractivity contribution in [1.82, 2.24) is 9.88 Å². The van der Waals surface area contributed by atoms with E-state index in [1.165, 1.54) is 0 Å². The topological polar surface area (TPSA) is 33.2 Å². The zero-order chi connectivity index (χ0) is 15.2. The molecule has 2 rings (SSSR count). The number of Topliss-reactive ketones (excluding diaryl/α,β-unsaturated/α-hetero) is 1. The van der Waals surface area contributed by atoms with Gasteiger partial charge in [-0.1, -0.05) is 13.0 Å². The van der Waals surface area contributed by atoms with E-state index < -0.39 is 17.4 Å². The number of hydrogen-bond donors (Lipinski definition) is 0. The number of carbonyl (C=O) groups is 1. The summed E-state index contributed by atoms with van der Waals surface area (Å²) >= 11 is 0. The maximum absolute atomic E-state index is 13.6. The van der Waals surface area contributed by atoms with E-state index in [1.54, 1.807) is 6.20 Å². The van der Waals surface area contributed by atoms with Gasteiger partial charge in [0, 0.05) is 12.7 Å². The highest BCUT2D eigenvalue weighted by Gasteiger charge is 2.16. The van der Waals surface area contributed by atoms with Gasteiger partial charge in [0.2, 0.25) is 0 Å². The Balaban J connectivity index is 2.07. The molecule has 1 aromatic heterocycles. The normalized spacial score (nSPS) is 10.9. The smallest absolute Gasteiger partial charge is 0.179 e. The van der Waals surface area contributed by atoms with Crippen LogP contribution >= 0.6 is 0 Å². The molecule has 0 fully saturated rings. The molecule has 5 heteroatoms. The van der Waals surface area contributed by atoms with Gasteiger partial charge in [0.25, 0.3) is 0 Å². The lowest BCUT2D eigenvalue weighted by atomic mass is 10.1. The van der Waals surface area contributed by atoms with E-state index in [1.807, 2.05) is 30.0 Å². The van der Waals surface area contributed by atoms with Crippen molar-refractivity contribution in [2.75, 3.05) is 13.1 Å². The first-order valence-electron chi connectivity index (χ1n) is 6.70. The SMILES string of the molecule is CCN(CC(=O)c1cc(F)ccc1F)Cc1ccccn1. The second-order valence-corrected chi connectivity index (χ2v) is 4.67. The lowest BCUT2D eigenvalue weighted by molar-refractivity contribution is 0.0924. The molecule has 110 valence electrons. The predicted molar refractivity (Wildman–Crippen MR) is 75.9 cm³/mol. The van der Waals surface area contributed by atoms with Crippen molar-refractivity contribution in [2.24, 2.45) is 0 Å². The highest BCUT2D eigenvalue weighted by Crippen LogP contribution is 2.12. The van der Waals surface area contributed by atoms with Crippen LogP contribution in [0.5, 0.6) is 0 Å². The van der Waals surface area contributed by atoms with Crippen LogP contribution < -0.4 is 0 Å². The number of rotatable bonds is 6. The molecule has 0 spiro atoms. The van der Waals surface area contributed by atoms with Crippen LogP contribution in [0, 0.1) is 11.6 Å². The zero-order valence-electron chi connectivity index (χ0n) is 11.7. The Morgan fingerprint density at radius 1 is 1.24 bits per heavy atom. The molecule has 0 saturated carbocycles. The van der Waals surface area contributed by atoms with Gasteiger partial charge in [0.15, 0.2) is 5.78 Å².